The Labute approximate surface area is 143 Å². The van der Waals surface area contributed by atoms with Gasteiger partial charge in [-0.15, -0.1) is 0 Å². The fourth-order valence-corrected chi connectivity index (χ4v) is 4.17. The molecule has 0 saturated heterocycles. The molecule has 0 N–H and O–H groups in total. The van der Waals surface area contributed by atoms with Crippen LogP contribution in [0.2, 0.25) is 0 Å². The van der Waals surface area contributed by atoms with E-state index in [0.717, 1.165) is 16.0 Å². The Morgan fingerprint density at radius 1 is 0.750 bits per heavy atom. The molecule has 2 nitrogen and oxygen atoms in total. The van der Waals surface area contributed by atoms with Crippen molar-refractivity contribution < 1.29 is 9.00 Å². The highest BCUT2D eigenvalue weighted by Gasteiger charge is 2.29. The van der Waals surface area contributed by atoms with Gasteiger partial charge in [0, 0.05) is 5.56 Å². The normalized spacial score (nSPS) is 13.2. The summed E-state index contributed by atoms with van der Waals surface area (Å²) in [5, 5.41) is 0. The number of carbonyl (C=O) groups excluding carboxylic acids is 1. The van der Waals surface area contributed by atoms with E-state index in [-0.39, 0.29) is 11.5 Å². The minimum Gasteiger partial charge on any atom is -0.289 e. The molecule has 3 aromatic carbocycles. The second kappa shape index (κ2) is 6.93. The number of benzene rings is 3. The largest absolute Gasteiger partial charge is 0.289 e. The lowest BCUT2D eigenvalue weighted by Crippen LogP contribution is -2.21. The molecule has 3 rings (SSSR count). The van der Waals surface area contributed by atoms with Gasteiger partial charge in [-0.1, -0.05) is 77.0 Å². The van der Waals surface area contributed by atoms with E-state index >= 15 is 0 Å². The van der Waals surface area contributed by atoms with Crippen LogP contribution in [0.25, 0.3) is 11.1 Å². The molecule has 0 heterocycles. The van der Waals surface area contributed by atoms with Crippen molar-refractivity contribution in [2.24, 2.45) is 0 Å². The van der Waals surface area contributed by atoms with Crippen molar-refractivity contribution in [3.05, 3.63) is 90.5 Å². The molecule has 0 spiro atoms. The van der Waals surface area contributed by atoms with Crippen LogP contribution in [-0.2, 0) is 14.1 Å². The van der Waals surface area contributed by atoms with Gasteiger partial charge in [-0.25, -0.2) is 0 Å². The molecule has 0 fully saturated rings. The molecule has 1 atom stereocenters. The van der Waals surface area contributed by atoms with Crippen molar-refractivity contribution >= 4 is 15.7 Å². The maximum atomic E-state index is 12.8. The number of hydrogen-bond donors (Lipinski definition) is 0. The number of hydrogen-bond acceptors (Lipinski definition) is 2. The number of Topliss-reactive ketones (excluding diaryl/α,β-unsaturated/α-hetero) is 1. The molecule has 0 saturated carbocycles. The monoisotopic (exact) mass is 335 g/mol. The lowest BCUT2D eigenvalue weighted by Gasteiger charge is -2.07. The summed E-state index contributed by atoms with van der Waals surface area (Å²) in [5.74, 6) is -0.0622. The Balaban J connectivity index is 1.77. The van der Waals surface area contributed by atoms with Crippen LogP contribution in [-0.4, -0.2) is 17.8 Å². The van der Waals surface area contributed by atoms with E-state index in [9.17, 15) is 9.00 Å². The molecule has 0 aliphatic carbocycles. The fraction of sp³-hybridized carbons (Fsp3) is 0.0952. The van der Waals surface area contributed by atoms with Crippen molar-refractivity contribution in [3.8, 4) is 11.1 Å². The third-order valence-electron chi connectivity index (χ3n) is 3.96. The lowest BCUT2D eigenvalue weighted by atomic mass is 10.0. The number of ketones is 1. The van der Waals surface area contributed by atoms with Gasteiger partial charge in [-0.2, -0.15) is 0 Å². The highest BCUT2D eigenvalue weighted by atomic mass is 32.2. The predicted molar refractivity (Wildman–Crippen MR) is 99.8 cm³/mol. The van der Waals surface area contributed by atoms with E-state index in [1.807, 2.05) is 84.9 Å². The molecule has 0 aliphatic rings. The smallest absolute Gasteiger partial charge is 0.212 e. The Morgan fingerprint density at radius 3 is 1.83 bits per heavy atom. The summed E-state index contributed by atoms with van der Waals surface area (Å²) < 4.78 is 12.8. The molecular weight excluding hydrogens is 316 g/mol. The summed E-state index contributed by atoms with van der Waals surface area (Å²) in [7, 11) is -2.37. The van der Waals surface area contributed by atoms with Crippen LogP contribution >= 0.6 is 0 Å². The minimum atomic E-state index is -2.37. The van der Waals surface area contributed by atoms with Crippen LogP contribution in [0.5, 0.6) is 0 Å². The van der Waals surface area contributed by atoms with Gasteiger partial charge >= 0.3 is 0 Å². The maximum absolute atomic E-state index is 12.8. The summed E-state index contributed by atoms with van der Waals surface area (Å²) in [6.07, 6.45) is 1.65. The van der Waals surface area contributed by atoms with Crippen molar-refractivity contribution in [2.75, 3.05) is 12.0 Å². The van der Waals surface area contributed by atoms with Gasteiger partial charge in [0.15, 0.2) is 10.6 Å². The predicted octanol–water partition coefficient (Wildman–Crippen LogP) is 4.72. The molecular formula is C21H19O2S+. The first-order valence-electron chi connectivity index (χ1n) is 7.77. The Kier molecular flexibility index (Phi) is 4.72. The first kappa shape index (κ1) is 16.3. The third kappa shape index (κ3) is 3.69. The van der Waals surface area contributed by atoms with Crippen LogP contribution in [0.15, 0.2) is 89.8 Å². The van der Waals surface area contributed by atoms with E-state index in [1.54, 1.807) is 6.26 Å². The van der Waals surface area contributed by atoms with E-state index in [0.29, 0.717) is 5.56 Å². The second-order valence-electron chi connectivity index (χ2n) is 5.83. The van der Waals surface area contributed by atoms with Gasteiger partial charge in [0.05, 0.1) is 0 Å². The first-order chi connectivity index (χ1) is 11.6. The summed E-state index contributed by atoms with van der Waals surface area (Å²) in [5.41, 5.74) is 2.77. The molecule has 0 aliphatic heterocycles. The highest BCUT2D eigenvalue weighted by Crippen LogP contribution is 2.21. The van der Waals surface area contributed by atoms with E-state index in [1.165, 1.54) is 0 Å². The molecule has 1 unspecified atom stereocenters. The van der Waals surface area contributed by atoms with Crippen LogP contribution in [0.4, 0.5) is 0 Å². The summed E-state index contributed by atoms with van der Waals surface area (Å²) >= 11 is 0. The summed E-state index contributed by atoms with van der Waals surface area (Å²) in [4.78, 5) is 13.2. The molecule has 0 radical (unpaired) electrons. The molecule has 0 amide bonds. The molecule has 24 heavy (non-hydrogen) atoms. The van der Waals surface area contributed by atoms with Crippen LogP contribution < -0.4 is 0 Å². The Morgan fingerprint density at radius 2 is 1.25 bits per heavy atom. The fourth-order valence-electron chi connectivity index (χ4n) is 2.60. The topological polar surface area (TPSA) is 34.1 Å². The Bertz CT molecular complexity index is 869. The van der Waals surface area contributed by atoms with Gasteiger partial charge in [-0.05, 0) is 23.3 Å². The summed E-state index contributed by atoms with van der Waals surface area (Å²) in [6, 6.07) is 26.7. The SMILES string of the molecule is C[S+](=O)(CC(=O)c1ccc(-c2ccccc2)cc1)c1ccccc1. The number of carbonyl (C=O) groups is 1. The van der Waals surface area contributed by atoms with Gasteiger partial charge in [0.25, 0.3) is 0 Å². The zero-order valence-electron chi connectivity index (χ0n) is 13.5. The maximum Gasteiger partial charge on any atom is 0.212 e. The first-order valence-corrected chi connectivity index (χ1v) is 9.90. The van der Waals surface area contributed by atoms with E-state index < -0.39 is 9.93 Å². The molecule has 3 aromatic rings. The molecule has 0 bridgehead atoms. The van der Waals surface area contributed by atoms with Crippen molar-refractivity contribution in [3.63, 3.8) is 0 Å². The Hall–Kier alpha value is -2.52. The van der Waals surface area contributed by atoms with Gasteiger partial charge in [0.2, 0.25) is 5.78 Å². The molecule has 0 aromatic heterocycles. The van der Waals surface area contributed by atoms with E-state index in [2.05, 4.69) is 0 Å². The lowest BCUT2D eigenvalue weighted by molar-refractivity contribution is 0.102. The van der Waals surface area contributed by atoms with Crippen LogP contribution in [0, 0.1) is 0 Å². The average Bonchev–Trinajstić information content (AvgIpc) is 2.63. The number of rotatable bonds is 5. The van der Waals surface area contributed by atoms with Crippen LogP contribution in [0.3, 0.4) is 0 Å². The average molecular weight is 335 g/mol. The zero-order chi connectivity index (χ0) is 17.0. The van der Waals surface area contributed by atoms with Gasteiger partial charge in [-0.3, -0.25) is 4.79 Å². The minimum absolute atomic E-state index is 0.0295. The van der Waals surface area contributed by atoms with Crippen molar-refractivity contribution in [1.82, 2.24) is 0 Å². The van der Waals surface area contributed by atoms with E-state index in [4.69, 9.17) is 0 Å². The molecule has 3 heteroatoms. The van der Waals surface area contributed by atoms with Gasteiger partial charge < -0.3 is 0 Å². The van der Waals surface area contributed by atoms with Crippen LogP contribution in [0.1, 0.15) is 10.4 Å². The third-order valence-corrected chi connectivity index (χ3v) is 6.04. The zero-order valence-corrected chi connectivity index (χ0v) is 14.3. The van der Waals surface area contributed by atoms with Gasteiger partial charge in [0.1, 0.15) is 16.2 Å². The molecule has 120 valence electrons. The quantitative estimate of drug-likeness (QED) is 0.499. The standard InChI is InChI=1S/C21H19O2S/c1-24(23,20-10-6-3-7-11-20)16-21(22)19-14-12-18(13-15-19)17-8-4-2-5-9-17/h2-15H,16H2,1H3/q+1. The highest BCUT2D eigenvalue weighted by molar-refractivity contribution is 8.03. The van der Waals surface area contributed by atoms with Crippen molar-refractivity contribution in [2.45, 2.75) is 4.90 Å². The second-order valence-corrected chi connectivity index (χ2v) is 8.60. The van der Waals surface area contributed by atoms with Crippen molar-refractivity contribution in [1.29, 1.82) is 0 Å². The summed E-state index contributed by atoms with van der Waals surface area (Å²) in [6.45, 7) is 0.